The van der Waals surface area contributed by atoms with Crippen molar-refractivity contribution in [2.24, 2.45) is 0 Å². The van der Waals surface area contributed by atoms with Gasteiger partial charge in [-0.25, -0.2) is 0 Å². The van der Waals surface area contributed by atoms with Crippen molar-refractivity contribution in [3.05, 3.63) is 33.9 Å². The van der Waals surface area contributed by atoms with E-state index in [0.717, 1.165) is 19.5 Å². The van der Waals surface area contributed by atoms with Crippen molar-refractivity contribution in [3.8, 4) is 0 Å². The second kappa shape index (κ2) is 6.53. The van der Waals surface area contributed by atoms with Crippen LogP contribution in [0.15, 0.2) is 6.07 Å². The van der Waals surface area contributed by atoms with Gasteiger partial charge in [-0.1, -0.05) is 6.07 Å². The van der Waals surface area contributed by atoms with E-state index in [1.165, 1.54) is 41.6 Å². The summed E-state index contributed by atoms with van der Waals surface area (Å²) < 4.78 is 0. The van der Waals surface area contributed by atoms with Gasteiger partial charge in [0.2, 0.25) is 0 Å². The number of hydrogen-bond acceptors (Lipinski definition) is 2. The third kappa shape index (κ3) is 3.58. The van der Waals surface area contributed by atoms with Gasteiger partial charge in [0.25, 0.3) is 0 Å². The SMILES string of the molecule is Cc1cc(C)c(C)c(CCNCC2CCCN2)c1C. The predicted octanol–water partition coefficient (Wildman–Crippen LogP) is 2.80. The Kier molecular flexibility index (Phi) is 5.00. The quantitative estimate of drug-likeness (QED) is 0.796. The van der Waals surface area contributed by atoms with E-state index in [4.69, 9.17) is 0 Å². The lowest BCUT2D eigenvalue weighted by atomic mass is 9.92. The number of hydrogen-bond donors (Lipinski definition) is 2. The minimum atomic E-state index is 0.696. The van der Waals surface area contributed by atoms with E-state index >= 15 is 0 Å². The van der Waals surface area contributed by atoms with Crippen LogP contribution in [0.25, 0.3) is 0 Å². The standard InChI is InChI=1S/C17H28N2/c1-12-10-13(2)15(4)17(14(12)3)7-9-18-11-16-6-5-8-19-16/h10,16,18-19H,5-9,11H2,1-4H3. The number of nitrogens with one attached hydrogen (secondary N) is 2. The molecule has 0 aromatic heterocycles. The molecule has 1 unspecified atom stereocenters. The molecule has 0 radical (unpaired) electrons. The summed E-state index contributed by atoms with van der Waals surface area (Å²) >= 11 is 0. The second-order valence-corrected chi connectivity index (χ2v) is 5.99. The van der Waals surface area contributed by atoms with Crippen LogP contribution in [0.5, 0.6) is 0 Å². The van der Waals surface area contributed by atoms with Crippen molar-refractivity contribution in [3.63, 3.8) is 0 Å². The van der Waals surface area contributed by atoms with Crippen molar-refractivity contribution in [2.75, 3.05) is 19.6 Å². The zero-order chi connectivity index (χ0) is 13.8. The molecule has 1 saturated heterocycles. The minimum absolute atomic E-state index is 0.696. The number of benzene rings is 1. The molecule has 2 nitrogen and oxygen atoms in total. The fraction of sp³-hybridized carbons (Fsp3) is 0.647. The monoisotopic (exact) mass is 260 g/mol. The van der Waals surface area contributed by atoms with Crippen LogP contribution >= 0.6 is 0 Å². The van der Waals surface area contributed by atoms with Gasteiger partial charge in [0.15, 0.2) is 0 Å². The van der Waals surface area contributed by atoms with E-state index in [1.54, 1.807) is 5.56 Å². The summed E-state index contributed by atoms with van der Waals surface area (Å²) in [5.74, 6) is 0. The van der Waals surface area contributed by atoms with Gasteiger partial charge in [0.1, 0.15) is 0 Å². The third-order valence-corrected chi connectivity index (χ3v) is 4.63. The van der Waals surface area contributed by atoms with Crippen LogP contribution in [0.2, 0.25) is 0 Å². The molecule has 0 saturated carbocycles. The molecule has 0 amide bonds. The topological polar surface area (TPSA) is 24.1 Å². The Bertz CT molecular complexity index is 405. The molecule has 2 N–H and O–H groups in total. The molecule has 1 aromatic rings. The van der Waals surface area contributed by atoms with E-state index in [1.807, 2.05) is 0 Å². The Morgan fingerprint density at radius 2 is 1.84 bits per heavy atom. The number of rotatable bonds is 5. The van der Waals surface area contributed by atoms with Gasteiger partial charge in [-0.2, -0.15) is 0 Å². The van der Waals surface area contributed by atoms with Gasteiger partial charge in [0.05, 0.1) is 0 Å². The van der Waals surface area contributed by atoms with E-state index in [-0.39, 0.29) is 0 Å². The van der Waals surface area contributed by atoms with Gasteiger partial charge in [-0.05, 0) is 87.9 Å². The first kappa shape index (κ1) is 14.5. The largest absolute Gasteiger partial charge is 0.315 e. The molecule has 1 aliphatic rings. The zero-order valence-corrected chi connectivity index (χ0v) is 12.9. The molecule has 1 heterocycles. The van der Waals surface area contributed by atoms with Gasteiger partial charge < -0.3 is 10.6 Å². The molecular weight excluding hydrogens is 232 g/mol. The molecule has 0 bridgehead atoms. The maximum absolute atomic E-state index is 3.61. The van der Waals surface area contributed by atoms with Crippen LogP contribution in [-0.4, -0.2) is 25.7 Å². The first-order chi connectivity index (χ1) is 9.09. The molecule has 1 fully saturated rings. The van der Waals surface area contributed by atoms with Crippen LogP contribution in [0.1, 0.15) is 40.7 Å². The Morgan fingerprint density at radius 1 is 1.16 bits per heavy atom. The third-order valence-electron chi connectivity index (χ3n) is 4.63. The maximum Gasteiger partial charge on any atom is 0.0192 e. The van der Waals surface area contributed by atoms with Crippen molar-refractivity contribution in [1.82, 2.24) is 10.6 Å². The molecule has 2 rings (SSSR count). The van der Waals surface area contributed by atoms with Crippen LogP contribution < -0.4 is 10.6 Å². The highest BCUT2D eigenvalue weighted by Crippen LogP contribution is 2.21. The summed E-state index contributed by atoms with van der Waals surface area (Å²) in [6.07, 6.45) is 3.81. The predicted molar refractivity (Wildman–Crippen MR) is 83.0 cm³/mol. The second-order valence-electron chi connectivity index (χ2n) is 5.99. The lowest BCUT2D eigenvalue weighted by Gasteiger charge is -2.16. The maximum atomic E-state index is 3.61. The van der Waals surface area contributed by atoms with Crippen LogP contribution in [0, 0.1) is 27.7 Å². The van der Waals surface area contributed by atoms with E-state index in [9.17, 15) is 0 Å². The van der Waals surface area contributed by atoms with Crippen molar-refractivity contribution in [2.45, 2.75) is 53.0 Å². The summed E-state index contributed by atoms with van der Waals surface area (Å²) in [4.78, 5) is 0. The van der Waals surface area contributed by atoms with Crippen molar-refractivity contribution in [1.29, 1.82) is 0 Å². The van der Waals surface area contributed by atoms with Gasteiger partial charge in [-0.3, -0.25) is 0 Å². The summed E-state index contributed by atoms with van der Waals surface area (Å²) in [6, 6.07) is 3.01. The molecule has 1 atom stereocenters. The Labute approximate surface area is 118 Å². The van der Waals surface area contributed by atoms with Crippen LogP contribution in [-0.2, 0) is 6.42 Å². The van der Waals surface area contributed by atoms with E-state index in [2.05, 4.69) is 44.4 Å². The average molecular weight is 260 g/mol. The van der Waals surface area contributed by atoms with Crippen molar-refractivity contribution < 1.29 is 0 Å². The normalized spacial score (nSPS) is 19.1. The summed E-state index contributed by atoms with van der Waals surface area (Å²) in [5, 5.41) is 7.14. The smallest absolute Gasteiger partial charge is 0.0192 e. The van der Waals surface area contributed by atoms with E-state index < -0.39 is 0 Å². The molecule has 1 aliphatic heterocycles. The van der Waals surface area contributed by atoms with Gasteiger partial charge in [0, 0.05) is 12.6 Å². The first-order valence-electron chi connectivity index (χ1n) is 7.60. The van der Waals surface area contributed by atoms with E-state index in [0.29, 0.717) is 6.04 Å². The highest BCUT2D eigenvalue weighted by Gasteiger charge is 2.13. The van der Waals surface area contributed by atoms with Gasteiger partial charge >= 0.3 is 0 Å². The fourth-order valence-corrected chi connectivity index (χ4v) is 3.09. The zero-order valence-electron chi connectivity index (χ0n) is 12.9. The number of aryl methyl sites for hydroxylation is 2. The Morgan fingerprint density at radius 3 is 2.42 bits per heavy atom. The lowest BCUT2D eigenvalue weighted by molar-refractivity contribution is 0.537. The highest BCUT2D eigenvalue weighted by molar-refractivity contribution is 5.44. The Hall–Kier alpha value is -0.860. The fourth-order valence-electron chi connectivity index (χ4n) is 3.09. The summed E-state index contributed by atoms with van der Waals surface area (Å²) in [6.45, 7) is 12.4. The molecule has 106 valence electrons. The summed E-state index contributed by atoms with van der Waals surface area (Å²) in [7, 11) is 0. The molecule has 0 aliphatic carbocycles. The molecule has 1 aromatic carbocycles. The average Bonchev–Trinajstić information content (AvgIpc) is 2.89. The van der Waals surface area contributed by atoms with Crippen LogP contribution in [0.3, 0.4) is 0 Å². The van der Waals surface area contributed by atoms with Gasteiger partial charge in [-0.15, -0.1) is 0 Å². The lowest BCUT2D eigenvalue weighted by Crippen LogP contribution is -2.34. The Balaban J connectivity index is 1.88. The molecule has 0 spiro atoms. The molecule has 19 heavy (non-hydrogen) atoms. The minimum Gasteiger partial charge on any atom is -0.315 e. The van der Waals surface area contributed by atoms with Crippen LogP contribution in [0.4, 0.5) is 0 Å². The van der Waals surface area contributed by atoms with Crippen molar-refractivity contribution >= 4 is 0 Å². The molecular formula is C17H28N2. The summed E-state index contributed by atoms with van der Waals surface area (Å²) in [5.41, 5.74) is 7.35. The highest BCUT2D eigenvalue weighted by atomic mass is 15.0. The molecule has 2 heteroatoms. The first-order valence-corrected chi connectivity index (χ1v) is 7.60.